The molecule has 1 saturated heterocycles. The molecular formula is C16H26F3N7O. The number of alkyl halides is 3. The number of nitrogens with one attached hydrogen (secondary N) is 2. The van der Waals surface area contributed by atoms with Crippen LogP contribution in [0.3, 0.4) is 0 Å². The van der Waals surface area contributed by atoms with E-state index in [1.54, 1.807) is 0 Å². The maximum Gasteiger partial charge on any atom is 0.435 e. The smallest absolute Gasteiger partial charge is 0.369 e. The molecule has 2 heterocycles. The van der Waals surface area contributed by atoms with Crippen LogP contribution >= 0.6 is 0 Å². The lowest BCUT2D eigenvalue weighted by atomic mass is 10.1. The summed E-state index contributed by atoms with van der Waals surface area (Å²) in [5.74, 6) is 0.107. The van der Waals surface area contributed by atoms with Crippen molar-refractivity contribution in [2.75, 3.05) is 26.2 Å². The van der Waals surface area contributed by atoms with E-state index in [0.717, 1.165) is 30.6 Å². The van der Waals surface area contributed by atoms with Crippen LogP contribution in [0.5, 0.6) is 0 Å². The quantitative estimate of drug-likeness (QED) is 0.484. The van der Waals surface area contributed by atoms with Gasteiger partial charge in [-0.2, -0.15) is 18.3 Å². The monoisotopic (exact) mass is 389 g/mol. The molecule has 1 aliphatic heterocycles. The Kier molecular flexibility index (Phi) is 7.05. The molecule has 1 aliphatic rings. The van der Waals surface area contributed by atoms with E-state index >= 15 is 0 Å². The van der Waals surface area contributed by atoms with Crippen molar-refractivity contribution in [3.05, 3.63) is 17.5 Å². The number of nitrogens with zero attached hydrogens (tertiary/aromatic N) is 4. The lowest BCUT2D eigenvalue weighted by Gasteiger charge is -2.32. The predicted molar refractivity (Wildman–Crippen MR) is 94.8 cm³/mol. The molecule has 8 nitrogen and oxygen atoms in total. The highest BCUT2D eigenvalue weighted by Gasteiger charge is 2.36. The second-order valence-electron chi connectivity index (χ2n) is 6.53. The van der Waals surface area contributed by atoms with Gasteiger partial charge in [0.15, 0.2) is 11.7 Å². The third-order valence-corrected chi connectivity index (χ3v) is 4.23. The molecule has 0 aliphatic carbocycles. The number of primary amides is 1. The Morgan fingerprint density at radius 3 is 2.63 bits per heavy atom. The molecule has 27 heavy (non-hydrogen) atoms. The zero-order valence-electron chi connectivity index (χ0n) is 15.5. The second kappa shape index (κ2) is 9.07. The summed E-state index contributed by atoms with van der Waals surface area (Å²) in [5.41, 5.74) is 4.32. The zero-order valence-corrected chi connectivity index (χ0v) is 15.5. The molecule has 4 N–H and O–H groups in total. The Morgan fingerprint density at radius 1 is 1.41 bits per heavy atom. The highest BCUT2D eigenvalue weighted by molar-refractivity contribution is 5.80. The number of aryl methyl sites for hydroxylation is 1. The SMILES string of the molecule is CCNC(=NCc1cn(C)nc1C(F)(F)F)NC1CCN(CC(N)=O)CC1. The van der Waals surface area contributed by atoms with Gasteiger partial charge in [-0.05, 0) is 19.8 Å². The van der Waals surface area contributed by atoms with E-state index in [-0.39, 0.29) is 30.6 Å². The first-order valence-corrected chi connectivity index (χ1v) is 8.84. The number of hydrogen-bond donors (Lipinski definition) is 3. The Bertz CT molecular complexity index is 663. The number of halogens is 3. The molecule has 1 amide bonds. The van der Waals surface area contributed by atoms with E-state index in [1.165, 1.54) is 13.2 Å². The van der Waals surface area contributed by atoms with Gasteiger partial charge in [-0.15, -0.1) is 0 Å². The van der Waals surface area contributed by atoms with Crippen LogP contribution in [0.15, 0.2) is 11.2 Å². The van der Waals surface area contributed by atoms with Crippen molar-refractivity contribution in [2.45, 2.75) is 38.5 Å². The molecule has 0 unspecified atom stereocenters. The fourth-order valence-electron chi connectivity index (χ4n) is 3.03. The molecule has 1 aromatic heterocycles. The molecule has 1 fully saturated rings. The maximum atomic E-state index is 13.0. The minimum atomic E-state index is -4.51. The van der Waals surface area contributed by atoms with Crippen molar-refractivity contribution in [1.82, 2.24) is 25.3 Å². The van der Waals surface area contributed by atoms with E-state index < -0.39 is 11.9 Å². The zero-order chi connectivity index (χ0) is 20.0. The summed E-state index contributed by atoms with van der Waals surface area (Å²) in [6.45, 7) is 4.03. The maximum absolute atomic E-state index is 13.0. The van der Waals surface area contributed by atoms with Gasteiger partial charge >= 0.3 is 6.18 Å². The van der Waals surface area contributed by atoms with Gasteiger partial charge in [-0.1, -0.05) is 0 Å². The van der Waals surface area contributed by atoms with E-state index in [2.05, 4.69) is 20.7 Å². The Hall–Kier alpha value is -2.30. The molecule has 2 rings (SSSR count). The van der Waals surface area contributed by atoms with Crippen LogP contribution in [-0.4, -0.2) is 58.8 Å². The number of aliphatic imine (C=N–C) groups is 1. The average Bonchev–Trinajstić information content (AvgIpc) is 2.95. The van der Waals surface area contributed by atoms with Crippen LogP contribution in [0.25, 0.3) is 0 Å². The highest BCUT2D eigenvalue weighted by Crippen LogP contribution is 2.30. The van der Waals surface area contributed by atoms with Crippen LogP contribution < -0.4 is 16.4 Å². The number of rotatable bonds is 6. The number of likely N-dealkylation sites (tertiary alicyclic amines) is 1. The fraction of sp³-hybridized carbons (Fsp3) is 0.688. The molecule has 0 radical (unpaired) electrons. The highest BCUT2D eigenvalue weighted by atomic mass is 19.4. The Labute approximate surface area is 156 Å². The van der Waals surface area contributed by atoms with Crippen LogP contribution in [0.1, 0.15) is 31.0 Å². The third kappa shape index (κ3) is 6.42. The molecule has 0 aromatic carbocycles. The molecule has 0 bridgehead atoms. The van der Waals surface area contributed by atoms with E-state index in [9.17, 15) is 18.0 Å². The molecule has 0 saturated carbocycles. The number of hydrogen-bond acceptors (Lipinski definition) is 4. The van der Waals surface area contributed by atoms with Gasteiger partial charge in [0.25, 0.3) is 0 Å². The topological polar surface area (TPSA) is 101 Å². The number of aromatic nitrogens is 2. The van der Waals surface area contributed by atoms with Crippen molar-refractivity contribution in [1.29, 1.82) is 0 Å². The number of amides is 1. The third-order valence-electron chi connectivity index (χ3n) is 4.23. The van der Waals surface area contributed by atoms with Gasteiger partial charge in [0.1, 0.15) is 0 Å². The minimum absolute atomic E-state index is 0.0264. The Morgan fingerprint density at radius 2 is 2.07 bits per heavy atom. The lowest BCUT2D eigenvalue weighted by molar-refractivity contribution is -0.142. The summed E-state index contributed by atoms with van der Waals surface area (Å²) in [4.78, 5) is 17.2. The summed E-state index contributed by atoms with van der Waals surface area (Å²) < 4.78 is 40.3. The van der Waals surface area contributed by atoms with Gasteiger partial charge in [-0.3, -0.25) is 14.4 Å². The predicted octanol–water partition coefficient (Wildman–Crippen LogP) is 0.444. The molecular weight excluding hydrogens is 363 g/mol. The number of piperidine rings is 1. The molecule has 0 spiro atoms. The van der Waals surface area contributed by atoms with Crippen molar-refractivity contribution in [3.63, 3.8) is 0 Å². The summed E-state index contributed by atoms with van der Waals surface area (Å²) in [5, 5.41) is 9.80. The second-order valence-corrected chi connectivity index (χ2v) is 6.53. The molecule has 0 atom stereocenters. The minimum Gasteiger partial charge on any atom is -0.369 e. The van der Waals surface area contributed by atoms with E-state index in [0.29, 0.717) is 12.5 Å². The lowest BCUT2D eigenvalue weighted by Crippen LogP contribution is -2.49. The van der Waals surface area contributed by atoms with Gasteiger partial charge in [-0.25, -0.2) is 4.99 Å². The van der Waals surface area contributed by atoms with Crippen molar-refractivity contribution >= 4 is 11.9 Å². The molecule has 152 valence electrons. The Balaban J connectivity index is 1.99. The van der Waals surface area contributed by atoms with Crippen molar-refractivity contribution in [2.24, 2.45) is 17.8 Å². The largest absolute Gasteiger partial charge is 0.435 e. The first-order valence-electron chi connectivity index (χ1n) is 8.84. The number of carbonyl (C=O) groups is 1. The van der Waals surface area contributed by atoms with Gasteiger partial charge in [0.05, 0.1) is 13.1 Å². The standard InChI is InChI=1S/C16H26F3N7O/c1-3-21-15(23-12-4-6-26(7-5-12)10-13(20)27)22-8-11-9-25(2)24-14(11)16(17,18)19/h9,12H,3-8,10H2,1-2H3,(H2,20,27)(H2,21,22,23). The van der Waals surface area contributed by atoms with Crippen molar-refractivity contribution < 1.29 is 18.0 Å². The molecule has 11 heteroatoms. The number of guanidine groups is 1. The number of carbonyl (C=O) groups excluding carboxylic acids is 1. The van der Waals surface area contributed by atoms with Gasteiger partial charge in [0, 0.05) is 44.5 Å². The first kappa shape index (κ1) is 21.0. The van der Waals surface area contributed by atoms with Crippen LogP contribution in [0, 0.1) is 0 Å². The van der Waals surface area contributed by atoms with Crippen molar-refractivity contribution in [3.8, 4) is 0 Å². The van der Waals surface area contributed by atoms with E-state index in [1.807, 2.05) is 11.8 Å². The fourth-order valence-corrected chi connectivity index (χ4v) is 3.03. The summed E-state index contributed by atoms with van der Waals surface area (Å²) in [6.07, 6.45) is -1.60. The van der Waals surface area contributed by atoms with Crippen LogP contribution in [0.4, 0.5) is 13.2 Å². The summed E-state index contributed by atoms with van der Waals surface area (Å²) in [6, 6.07) is 0.128. The van der Waals surface area contributed by atoms with E-state index in [4.69, 9.17) is 5.73 Å². The number of nitrogens with two attached hydrogens (primary N) is 1. The van der Waals surface area contributed by atoms with Crippen LogP contribution in [-0.2, 0) is 24.6 Å². The summed E-state index contributed by atoms with van der Waals surface area (Å²) in [7, 11) is 1.45. The van der Waals surface area contributed by atoms with Gasteiger partial charge < -0.3 is 16.4 Å². The van der Waals surface area contributed by atoms with Crippen LogP contribution in [0.2, 0.25) is 0 Å². The average molecular weight is 389 g/mol. The summed E-state index contributed by atoms with van der Waals surface area (Å²) >= 11 is 0. The molecule has 1 aromatic rings. The normalized spacial score (nSPS) is 17.1. The van der Waals surface area contributed by atoms with Gasteiger partial charge in [0.2, 0.25) is 5.91 Å². The first-order chi connectivity index (χ1) is 12.7.